The highest BCUT2D eigenvalue weighted by Gasteiger charge is 2.05. The maximum atomic E-state index is 2.33. The van der Waals surface area contributed by atoms with E-state index < -0.39 is 0 Å². The van der Waals surface area contributed by atoms with E-state index in [1.165, 1.54) is 34.2 Å². The van der Waals surface area contributed by atoms with Gasteiger partial charge in [-0.1, -0.05) is 92.7 Å². The number of rotatable bonds is 4. The number of hydrogen-bond donors (Lipinski definition) is 0. The molecule has 0 aromatic heterocycles. The van der Waals surface area contributed by atoms with Crippen molar-refractivity contribution in [3.8, 4) is 22.3 Å². The van der Waals surface area contributed by atoms with Crippen LogP contribution >= 0.6 is 0 Å². The summed E-state index contributed by atoms with van der Waals surface area (Å²) in [6.07, 6.45) is 1.18. The van der Waals surface area contributed by atoms with Gasteiger partial charge >= 0.3 is 0 Å². The molecule has 0 heteroatoms. The second-order valence-corrected chi connectivity index (χ2v) is 5.88. The molecule has 0 spiro atoms. The quantitative estimate of drug-likeness (QED) is 0.511. The van der Waals surface area contributed by atoms with Gasteiger partial charge in [-0.15, -0.1) is 0 Å². The maximum Gasteiger partial charge on any atom is -0.0181 e. The molecule has 3 rings (SSSR count). The smallest absolute Gasteiger partial charge is 0.0181 e. The molecule has 0 amide bonds. The molecule has 1 atom stereocenters. The van der Waals surface area contributed by atoms with E-state index in [4.69, 9.17) is 0 Å². The molecule has 110 valence electrons. The minimum absolute atomic E-state index is 0.614. The lowest BCUT2D eigenvalue weighted by Gasteiger charge is -2.11. The Labute approximate surface area is 133 Å². The van der Waals surface area contributed by atoms with E-state index in [1.807, 2.05) is 0 Å². The highest BCUT2D eigenvalue weighted by molar-refractivity contribution is 5.70. The number of benzene rings is 3. The molecule has 0 aliphatic heterocycles. The van der Waals surface area contributed by atoms with Crippen molar-refractivity contribution in [2.24, 2.45) is 0 Å². The van der Waals surface area contributed by atoms with Crippen molar-refractivity contribution in [1.29, 1.82) is 0 Å². The van der Waals surface area contributed by atoms with Gasteiger partial charge in [0.1, 0.15) is 0 Å². The Morgan fingerprint density at radius 1 is 0.636 bits per heavy atom. The van der Waals surface area contributed by atoms with Crippen LogP contribution in [0.3, 0.4) is 0 Å². The summed E-state index contributed by atoms with van der Waals surface area (Å²) in [7, 11) is 0. The topological polar surface area (TPSA) is 0 Å². The third-order valence-corrected chi connectivity index (χ3v) is 4.39. The Kier molecular flexibility index (Phi) is 4.39. The Morgan fingerprint density at radius 2 is 1.18 bits per heavy atom. The van der Waals surface area contributed by atoms with Crippen molar-refractivity contribution in [3.05, 3.63) is 84.4 Å². The first-order valence-electron chi connectivity index (χ1n) is 8.03. The van der Waals surface area contributed by atoms with Crippen molar-refractivity contribution in [1.82, 2.24) is 0 Å². The molecule has 3 aromatic carbocycles. The van der Waals surface area contributed by atoms with Crippen molar-refractivity contribution < 1.29 is 0 Å². The first kappa shape index (κ1) is 14.6. The van der Waals surface area contributed by atoms with Crippen LogP contribution in [0.15, 0.2) is 78.9 Å². The fourth-order valence-electron chi connectivity index (χ4n) is 2.75. The van der Waals surface area contributed by atoms with E-state index in [1.54, 1.807) is 0 Å². The molecule has 0 N–H and O–H groups in total. The van der Waals surface area contributed by atoms with Crippen LogP contribution in [0.5, 0.6) is 0 Å². The van der Waals surface area contributed by atoms with Gasteiger partial charge in [0.2, 0.25) is 0 Å². The molecule has 0 aliphatic carbocycles. The summed E-state index contributed by atoms with van der Waals surface area (Å²) in [5, 5.41) is 0. The normalized spacial score (nSPS) is 12.1. The summed E-state index contributed by atoms with van der Waals surface area (Å²) in [6, 6.07) is 28.3. The summed E-state index contributed by atoms with van der Waals surface area (Å²) >= 11 is 0. The summed E-state index contributed by atoms with van der Waals surface area (Å²) in [5.74, 6) is 0.614. The predicted octanol–water partition coefficient (Wildman–Crippen LogP) is 6.53. The Bertz CT molecular complexity index is 724. The molecular formula is C22H22. The van der Waals surface area contributed by atoms with Crippen molar-refractivity contribution in [3.63, 3.8) is 0 Å². The zero-order chi connectivity index (χ0) is 15.4. The van der Waals surface area contributed by atoms with Gasteiger partial charge in [0, 0.05) is 0 Å². The average Bonchev–Trinajstić information content (AvgIpc) is 2.62. The lowest BCUT2D eigenvalue weighted by atomic mass is 9.94. The van der Waals surface area contributed by atoms with Crippen LogP contribution in [-0.4, -0.2) is 0 Å². The molecule has 0 radical (unpaired) electrons. The van der Waals surface area contributed by atoms with E-state index in [-0.39, 0.29) is 0 Å². The highest BCUT2D eigenvalue weighted by atomic mass is 14.1. The molecule has 0 nitrogen and oxygen atoms in total. The molecule has 0 saturated heterocycles. The van der Waals surface area contributed by atoms with E-state index in [2.05, 4.69) is 92.7 Å². The van der Waals surface area contributed by atoms with Gasteiger partial charge in [-0.25, -0.2) is 0 Å². The molecule has 1 unspecified atom stereocenters. The third kappa shape index (κ3) is 3.12. The molecular weight excluding hydrogens is 264 g/mol. The van der Waals surface area contributed by atoms with Gasteiger partial charge < -0.3 is 0 Å². The lowest BCUT2D eigenvalue weighted by Crippen LogP contribution is -1.91. The molecule has 0 aliphatic rings. The molecule has 0 fully saturated rings. The zero-order valence-corrected chi connectivity index (χ0v) is 13.3. The van der Waals surface area contributed by atoms with Gasteiger partial charge in [-0.05, 0) is 40.2 Å². The summed E-state index contributed by atoms with van der Waals surface area (Å²) < 4.78 is 0. The van der Waals surface area contributed by atoms with E-state index in [0.29, 0.717) is 5.92 Å². The molecule has 0 heterocycles. The van der Waals surface area contributed by atoms with Crippen LogP contribution in [0, 0.1) is 0 Å². The molecule has 0 saturated carbocycles. The van der Waals surface area contributed by atoms with Crippen LogP contribution in [0.25, 0.3) is 22.3 Å². The molecule has 3 aromatic rings. The maximum absolute atomic E-state index is 2.33. The van der Waals surface area contributed by atoms with Crippen LogP contribution in [0.1, 0.15) is 31.7 Å². The Morgan fingerprint density at radius 3 is 1.82 bits per heavy atom. The van der Waals surface area contributed by atoms with Crippen molar-refractivity contribution >= 4 is 0 Å². The number of hydrogen-bond acceptors (Lipinski definition) is 0. The summed E-state index contributed by atoms with van der Waals surface area (Å²) in [4.78, 5) is 0. The standard InChI is InChI=1S/C22H22/c1-3-17(2)21-10-7-11-22(16-21)20-14-12-19(13-15-20)18-8-5-4-6-9-18/h4-17H,3H2,1-2H3. The van der Waals surface area contributed by atoms with Gasteiger partial charge in [0.15, 0.2) is 0 Å². The van der Waals surface area contributed by atoms with E-state index in [9.17, 15) is 0 Å². The molecule has 22 heavy (non-hydrogen) atoms. The predicted molar refractivity (Wildman–Crippen MR) is 96.0 cm³/mol. The van der Waals surface area contributed by atoms with Crippen LogP contribution in [-0.2, 0) is 0 Å². The Hall–Kier alpha value is -2.34. The lowest BCUT2D eigenvalue weighted by molar-refractivity contribution is 0.734. The largest absolute Gasteiger partial charge is 0.0648 e. The summed E-state index contributed by atoms with van der Waals surface area (Å²) in [5.41, 5.74) is 6.54. The van der Waals surface area contributed by atoms with E-state index >= 15 is 0 Å². The first-order valence-corrected chi connectivity index (χ1v) is 8.03. The zero-order valence-electron chi connectivity index (χ0n) is 13.3. The third-order valence-electron chi connectivity index (χ3n) is 4.39. The SMILES string of the molecule is CCC(C)c1cccc(-c2ccc(-c3ccccc3)cc2)c1. The van der Waals surface area contributed by atoms with Gasteiger partial charge in [-0.3, -0.25) is 0 Å². The minimum Gasteiger partial charge on any atom is -0.0648 e. The van der Waals surface area contributed by atoms with Crippen molar-refractivity contribution in [2.45, 2.75) is 26.2 Å². The minimum atomic E-state index is 0.614. The fraction of sp³-hybridized carbons (Fsp3) is 0.182. The van der Waals surface area contributed by atoms with Gasteiger partial charge in [0.05, 0.1) is 0 Å². The second kappa shape index (κ2) is 6.62. The van der Waals surface area contributed by atoms with Crippen LogP contribution in [0.4, 0.5) is 0 Å². The second-order valence-electron chi connectivity index (χ2n) is 5.88. The monoisotopic (exact) mass is 286 g/mol. The van der Waals surface area contributed by atoms with Gasteiger partial charge in [0.25, 0.3) is 0 Å². The van der Waals surface area contributed by atoms with Gasteiger partial charge in [-0.2, -0.15) is 0 Å². The van der Waals surface area contributed by atoms with Crippen molar-refractivity contribution in [2.75, 3.05) is 0 Å². The van der Waals surface area contributed by atoms with Crippen LogP contribution < -0.4 is 0 Å². The average molecular weight is 286 g/mol. The van der Waals surface area contributed by atoms with E-state index in [0.717, 1.165) is 0 Å². The highest BCUT2D eigenvalue weighted by Crippen LogP contribution is 2.27. The first-order chi connectivity index (χ1) is 10.8. The molecule has 0 bridgehead atoms. The fourth-order valence-corrected chi connectivity index (χ4v) is 2.75. The summed E-state index contributed by atoms with van der Waals surface area (Å²) in [6.45, 7) is 4.53. The Balaban J connectivity index is 1.90. The van der Waals surface area contributed by atoms with Crippen LogP contribution in [0.2, 0.25) is 0 Å².